The lowest BCUT2D eigenvalue weighted by atomic mass is 9.96. The van der Waals surface area contributed by atoms with E-state index in [-0.39, 0.29) is 18.0 Å². The molecule has 132 valence electrons. The van der Waals surface area contributed by atoms with Crippen LogP contribution in [0, 0.1) is 0 Å². The Morgan fingerprint density at radius 1 is 1.23 bits per heavy atom. The van der Waals surface area contributed by atoms with Crippen molar-refractivity contribution < 1.29 is 27.9 Å². The van der Waals surface area contributed by atoms with Crippen LogP contribution in [-0.2, 0) is 17.4 Å². The van der Waals surface area contributed by atoms with E-state index in [4.69, 9.17) is 5.11 Å². The number of aromatic carboxylic acids is 1. The summed E-state index contributed by atoms with van der Waals surface area (Å²) in [7, 11) is 0. The summed E-state index contributed by atoms with van der Waals surface area (Å²) in [5.41, 5.74) is -1.02. The van der Waals surface area contributed by atoms with Crippen molar-refractivity contribution in [2.75, 3.05) is 5.32 Å². The lowest BCUT2D eigenvalue weighted by Gasteiger charge is -2.20. The molecule has 0 aliphatic carbocycles. The summed E-state index contributed by atoms with van der Waals surface area (Å²) in [5.74, 6) is -1.92. The van der Waals surface area contributed by atoms with Crippen LogP contribution in [-0.4, -0.2) is 26.8 Å². The van der Waals surface area contributed by atoms with Gasteiger partial charge in [-0.1, -0.05) is 18.2 Å². The lowest BCUT2D eigenvalue weighted by Crippen LogP contribution is -2.20. The molecule has 1 aliphatic rings. The van der Waals surface area contributed by atoms with Gasteiger partial charge in [0, 0.05) is 16.5 Å². The first kappa shape index (κ1) is 16.1. The van der Waals surface area contributed by atoms with Crippen LogP contribution >= 0.6 is 0 Å². The van der Waals surface area contributed by atoms with Gasteiger partial charge >= 0.3 is 12.1 Å². The summed E-state index contributed by atoms with van der Waals surface area (Å²) in [6.45, 7) is 0. The Bertz CT molecular complexity index is 1070. The van der Waals surface area contributed by atoms with Gasteiger partial charge in [-0.15, -0.1) is 0 Å². The second-order valence-electron chi connectivity index (χ2n) is 5.82. The molecule has 9 heteroatoms. The monoisotopic (exact) mass is 361 g/mol. The number of nitrogens with one attached hydrogen (secondary N) is 1. The Labute approximate surface area is 143 Å². The number of halogens is 3. The van der Waals surface area contributed by atoms with Gasteiger partial charge < -0.3 is 10.4 Å². The minimum atomic E-state index is -4.90. The fourth-order valence-corrected chi connectivity index (χ4v) is 3.23. The number of anilines is 1. The number of carboxylic acid groups (broad SMARTS) is 1. The summed E-state index contributed by atoms with van der Waals surface area (Å²) >= 11 is 0. The highest BCUT2D eigenvalue weighted by atomic mass is 19.4. The van der Waals surface area contributed by atoms with E-state index in [1.54, 1.807) is 24.3 Å². The largest absolute Gasteiger partial charge is 0.478 e. The molecule has 1 aromatic heterocycles. The van der Waals surface area contributed by atoms with Gasteiger partial charge in [0.25, 0.3) is 0 Å². The zero-order valence-electron chi connectivity index (χ0n) is 13.0. The number of benzene rings is 2. The van der Waals surface area contributed by atoms with Gasteiger partial charge in [0.1, 0.15) is 5.56 Å². The van der Waals surface area contributed by atoms with Crippen LogP contribution < -0.4 is 5.32 Å². The van der Waals surface area contributed by atoms with Gasteiger partial charge in [-0.2, -0.15) is 18.3 Å². The minimum Gasteiger partial charge on any atom is -0.478 e. The molecule has 0 saturated heterocycles. The molecule has 1 amide bonds. The van der Waals surface area contributed by atoms with E-state index in [1.807, 2.05) is 0 Å². The van der Waals surface area contributed by atoms with Crippen LogP contribution in [0.4, 0.5) is 18.9 Å². The number of hydrogen-bond donors (Lipinski definition) is 2. The molecule has 0 saturated carbocycles. The molecule has 1 aliphatic heterocycles. The topological polar surface area (TPSA) is 84.2 Å². The Morgan fingerprint density at radius 2 is 2.00 bits per heavy atom. The van der Waals surface area contributed by atoms with Crippen molar-refractivity contribution in [3.8, 4) is 5.69 Å². The van der Waals surface area contributed by atoms with Crippen molar-refractivity contribution in [1.82, 2.24) is 9.78 Å². The molecule has 0 atom stereocenters. The van der Waals surface area contributed by atoms with Crippen LogP contribution in [0.1, 0.15) is 21.6 Å². The van der Waals surface area contributed by atoms with Crippen molar-refractivity contribution >= 4 is 28.3 Å². The van der Waals surface area contributed by atoms with Crippen LogP contribution in [0.5, 0.6) is 0 Å². The van der Waals surface area contributed by atoms with E-state index in [0.717, 1.165) is 0 Å². The van der Waals surface area contributed by atoms with E-state index in [9.17, 15) is 22.8 Å². The number of carboxylic acids is 1. The Balaban J connectivity index is 2.04. The van der Waals surface area contributed by atoms with Crippen LogP contribution in [0.2, 0.25) is 0 Å². The van der Waals surface area contributed by atoms with Crippen molar-refractivity contribution in [2.24, 2.45) is 0 Å². The first-order chi connectivity index (χ1) is 12.3. The highest BCUT2D eigenvalue weighted by Crippen LogP contribution is 2.38. The number of alkyl halides is 3. The summed E-state index contributed by atoms with van der Waals surface area (Å²) in [6.07, 6.45) is -4.11. The van der Waals surface area contributed by atoms with Crippen molar-refractivity contribution in [3.63, 3.8) is 0 Å². The zero-order chi connectivity index (χ0) is 18.6. The predicted molar refractivity (Wildman–Crippen MR) is 85.4 cm³/mol. The third-order valence-corrected chi connectivity index (χ3v) is 4.23. The first-order valence-electron chi connectivity index (χ1n) is 7.50. The third-order valence-electron chi connectivity index (χ3n) is 4.23. The second kappa shape index (κ2) is 5.32. The molecular formula is C17H10F3N3O3. The van der Waals surface area contributed by atoms with Crippen LogP contribution in [0.25, 0.3) is 16.5 Å². The van der Waals surface area contributed by atoms with Crippen molar-refractivity contribution in [2.45, 2.75) is 12.6 Å². The zero-order valence-corrected chi connectivity index (χ0v) is 13.0. The van der Waals surface area contributed by atoms with Crippen molar-refractivity contribution in [3.05, 3.63) is 53.3 Å². The molecule has 2 heterocycles. The maximum atomic E-state index is 13.5. The number of nitrogens with zero attached hydrogens (tertiary/aromatic N) is 2. The number of aromatic nitrogens is 2. The number of hydrogen-bond acceptors (Lipinski definition) is 3. The molecule has 0 unspecified atom stereocenters. The maximum Gasteiger partial charge on any atom is 0.434 e. The van der Waals surface area contributed by atoms with Gasteiger partial charge in [0.05, 0.1) is 18.3 Å². The molecule has 0 fully saturated rings. The van der Waals surface area contributed by atoms with Gasteiger partial charge in [0.15, 0.2) is 5.69 Å². The fourth-order valence-electron chi connectivity index (χ4n) is 3.23. The van der Waals surface area contributed by atoms with Crippen molar-refractivity contribution in [1.29, 1.82) is 0 Å². The number of carbonyl (C=O) groups is 2. The van der Waals surface area contributed by atoms with E-state index in [1.165, 1.54) is 6.07 Å². The summed E-state index contributed by atoms with van der Waals surface area (Å²) in [5, 5.41) is 16.5. The molecule has 3 aromatic rings. The molecule has 0 spiro atoms. The molecule has 0 bridgehead atoms. The number of amides is 1. The minimum absolute atomic E-state index is 0.0848. The van der Waals surface area contributed by atoms with Gasteiger partial charge in [-0.05, 0) is 17.7 Å². The maximum absolute atomic E-state index is 13.5. The highest BCUT2D eigenvalue weighted by Gasteiger charge is 2.41. The molecule has 26 heavy (non-hydrogen) atoms. The molecule has 2 N–H and O–H groups in total. The fraction of sp³-hybridized carbons (Fsp3) is 0.118. The molecule has 6 nitrogen and oxygen atoms in total. The van der Waals surface area contributed by atoms with Gasteiger partial charge in [-0.3, -0.25) is 4.79 Å². The number of rotatable bonds is 2. The number of carbonyl (C=O) groups excluding carboxylic acids is 1. The average molecular weight is 361 g/mol. The Kier molecular flexibility index (Phi) is 3.30. The van der Waals surface area contributed by atoms with E-state index in [0.29, 0.717) is 32.9 Å². The predicted octanol–water partition coefficient (Wildman–Crippen LogP) is 3.24. The smallest absolute Gasteiger partial charge is 0.434 e. The molecule has 2 aromatic carbocycles. The SMILES string of the molecule is O=C1Cc2ccc(-n3ncc(C(=O)O)c3C(F)(F)F)c3cccc(c23)N1. The third kappa shape index (κ3) is 2.32. The highest BCUT2D eigenvalue weighted by molar-refractivity contribution is 6.11. The first-order valence-corrected chi connectivity index (χ1v) is 7.50. The Hall–Kier alpha value is -3.36. The average Bonchev–Trinajstić information content (AvgIpc) is 3.00. The summed E-state index contributed by atoms with van der Waals surface area (Å²) in [6, 6.07) is 7.84. The van der Waals surface area contributed by atoms with Crippen LogP contribution in [0.15, 0.2) is 36.5 Å². The van der Waals surface area contributed by atoms with Gasteiger partial charge in [0.2, 0.25) is 5.91 Å². The quantitative estimate of drug-likeness (QED) is 0.734. The molecule has 0 radical (unpaired) electrons. The van der Waals surface area contributed by atoms with E-state index >= 15 is 0 Å². The van der Waals surface area contributed by atoms with Gasteiger partial charge in [-0.25, -0.2) is 9.48 Å². The molecule has 4 rings (SSSR count). The Morgan fingerprint density at radius 3 is 2.69 bits per heavy atom. The van der Waals surface area contributed by atoms with E-state index in [2.05, 4.69) is 10.4 Å². The van der Waals surface area contributed by atoms with E-state index < -0.39 is 23.4 Å². The second-order valence-corrected chi connectivity index (χ2v) is 5.82. The molecular weight excluding hydrogens is 351 g/mol. The normalized spacial score (nSPS) is 13.7. The summed E-state index contributed by atoms with van der Waals surface area (Å²) in [4.78, 5) is 22.9. The standard InChI is InChI=1S/C17H10F3N3O3/c18-17(19,20)15-10(16(25)26)7-21-23(15)12-5-4-8-6-13(24)22-11-3-1-2-9(12)14(8)11/h1-5,7H,6H2,(H,22,24)(H,25,26). The summed E-state index contributed by atoms with van der Waals surface area (Å²) < 4.78 is 41.1. The van der Waals surface area contributed by atoms with Crippen LogP contribution in [0.3, 0.4) is 0 Å². The lowest BCUT2D eigenvalue weighted by molar-refractivity contribution is -0.143.